The van der Waals surface area contributed by atoms with Gasteiger partial charge in [-0.05, 0) is 46.8 Å². The second kappa shape index (κ2) is 11.3. The number of amides is 2. The third-order valence-corrected chi connectivity index (χ3v) is 4.37. The Hall–Kier alpha value is -2.97. The SMILES string of the molecule is COc1cc(C(=O)N[C@@H](C)C(=O)OCC(=O)N(C(C)C)C(C)C)cc(OC)c1OC. The van der Waals surface area contributed by atoms with Crippen molar-refractivity contribution in [2.45, 2.75) is 52.7 Å². The predicted molar refractivity (Wildman–Crippen MR) is 111 cm³/mol. The summed E-state index contributed by atoms with van der Waals surface area (Å²) in [5, 5.41) is 2.54. The molecule has 0 spiro atoms. The van der Waals surface area contributed by atoms with Crippen LogP contribution < -0.4 is 19.5 Å². The average Bonchev–Trinajstić information content (AvgIpc) is 2.69. The molecule has 0 unspecified atom stereocenters. The van der Waals surface area contributed by atoms with Crippen molar-refractivity contribution in [2.75, 3.05) is 27.9 Å². The minimum absolute atomic E-state index is 0.0200. The van der Waals surface area contributed by atoms with E-state index >= 15 is 0 Å². The Morgan fingerprint density at radius 2 is 1.40 bits per heavy atom. The van der Waals surface area contributed by atoms with Gasteiger partial charge < -0.3 is 29.2 Å². The van der Waals surface area contributed by atoms with Crippen molar-refractivity contribution in [1.29, 1.82) is 0 Å². The highest BCUT2D eigenvalue weighted by Gasteiger charge is 2.24. The Kier molecular flexibility index (Phi) is 9.42. The molecule has 9 heteroatoms. The van der Waals surface area contributed by atoms with Crippen LogP contribution >= 0.6 is 0 Å². The molecular weight excluding hydrogens is 392 g/mol. The molecule has 168 valence electrons. The summed E-state index contributed by atoms with van der Waals surface area (Å²) in [6, 6.07) is 1.95. The fourth-order valence-electron chi connectivity index (χ4n) is 3.06. The van der Waals surface area contributed by atoms with Gasteiger partial charge in [0, 0.05) is 17.6 Å². The van der Waals surface area contributed by atoms with E-state index in [4.69, 9.17) is 18.9 Å². The standard InChI is InChI=1S/C21H32N2O7/c1-12(2)23(13(3)4)18(24)11-30-21(26)14(5)22-20(25)15-9-16(27-6)19(29-8)17(10-15)28-7/h9-10,12-14H,11H2,1-8H3,(H,22,25)/t14-/m0/s1. The highest BCUT2D eigenvalue weighted by Crippen LogP contribution is 2.38. The van der Waals surface area contributed by atoms with E-state index in [9.17, 15) is 14.4 Å². The molecule has 9 nitrogen and oxygen atoms in total. The van der Waals surface area contributed by atoms with Gasteiger partial charge in [0.2, 0.25) is 5.75 Å². The van der Waals surface area contributed by atoms with Crippen LogP contribution in [0, 0.1) is 0 Å². The van der Waals surface area contributed by atoms with Gasteiger partial charge in [0.1, 0.15) is 6.04 Å². The zero-order chi connectivity index (χ0) is 23.0. The first-order chi connectivity index (χ1) is 14.1. The minimum atomic E-state index is -0.962. The molecule has 1 atom stereocenters. The first-order valence-corrected chi connectivity index (χ1v) is 9.65. The van der Waals surface area contributed by atoms with Crippen LogP contribution in [0.4, 0.5) is 0 Å². The van der Waals surface area contributed by atoms with E-state index in [0.717, 1.165) is 0 Å². The molecule has 0 saturated heterocycles. The van der Waals surface area contributed by atoms with Gasteiger partial charge in [-0.15, -0.1) is 0 Å². The number of ether oxygens (including phenoxy) is 4. The number of hydrogen-bond acceptors (Lipinski definition) is 7. The second-order valence-corrected chi connectivity index (χ2v) is 7.21. The molecule has 0 heterocycles. The fraction of sp³-hybridized carbons (Fsp3) is 0.571. The summed E-state index contributed by atoms with van der Waals surface area (Å²) in [6.45, 7) is 8.64. The van der Waals surface area contributed by atoms with Gasteiger partial charge in [0.25, 0.3) is 11.8 Å². The van der Waals surface area contributed by atoms with Gasteiger partial charge in [-0.2, -0.15) is 0 Å². The molecule has 0 aliphatic carbocycles. The molecule has 1 aromatic rings. The van der Waals surface area contributed by atoms with Crippen molar-refractivity contribution in [3.63, 3.8) is 0 Å². The van der Waals surface area contributed by atoms with E-state index < -0.39 is 17.9 Å². The van der Waals surface area contributed by atoms with Crippen LogP contribution in [0.3, 0.4) is 0 Å². The first kappa shape index (κ1) is 25.1. The van der Waals surface area contributed by atoms with Gasteiger partial charge in [0.15, 0.2) is 18.1 Å². The summed E-state index contributed by atoms with van der Waals surface area (Å²) in [5.41, 5.74) is 0.214. The third-order valence-electron chi connectivity index (χ3n) is 4.37. The van der Waals surface area contributed by atoms with E-state index in [2.05, 4.69) is 5.32 Å². The van der Waals surface area contributed by atoms with E-state index in [-0.39, 0.29) is 30.2 Å². The van der Waals surface area contributed by atoms with Crippen LogP contribution in [-0.4, -0.2) is 68.7 Å². The van der Waals surface area contributed by atoms with Crippen molar-refractivity contribution in [3.8, 4) is 17.2 Å². The van der Waals surface area contributed by atoms with E-state index in [1.54, 1.807) is 4.90 Å². The number of rotatable bonds is 10. The maximum atomic E-state index is 12.6. The first-order valence-electron chi connectivity index (χ1n) is 9.65. The zero-order valence-electron chi connectivity index (χ0n) is 18.9. The molecular formula is C21H32N2O7. The van der Waals surface area contributed by atoms with Crippen molar-refractivity contribution in [1.82, 2.24) is 10.2 Å². The van der Waals surface area contributed by atoms with Crippen molar-refractivity contribution < 1.29 is 33.3 Å². The summed E-state index contributed by atoms with van der Waals surface area (Å²) in [7, 11) is 4.33. The van der Waals surface area contributed by atoms with Crippen LogP contribution in [-0.2, 0) is 14.3 Å². The van der Waals surface area contributed by atoms with Gasteiger partial charge in [-0.1, -0.05) is 0 Å². The van der Waals surface area contributed by atoms with Crippen LogP contribution in [0.15, 0.2) is 12.1 Å². The van der Waals surface area contributed by atoms with Gasteiger partial charge >= 0.3 is 5.97 Å². The zero-order valence-corrected chi connectivity index (χ0v) is 18.9. The summed E-state index contributed by atoms with van der Waals surface area (Å²) >= 11 is 0. The number of carbonyl (C=O) groups excluding carboxylic acids is 3. The molecule has 2 amide bonds. The Bertz CT molecular complexity index is 729. The number of esters is 1. The molecule has 1 aromatic carbocycles. The lowest BCUT2D eigenvalue weighted by Crippen LogP contribution is -2.45. The highest BCUT2D eigenvalue weighted by atomic mass is 16.5. The molecule has 1 N–H and O–H groups in total. The Labute approximate surface area is 177 Å². The molecule has 0 saturated carbocycles. The fourth-order valence-corrected chi connectivity index (χ4v) is 3.06. The molecule has 0 radical (unpaired) electrons. The van der Waals surface area contributed by atoms with Crippen LogP contribution in [0.25, 0.3) is 0 Å². The quantitative estimate of drug-likeness (QED) is 0.573. The maximum absolute atomic E-state index is 12.6. The Morgan fingerprint density at radius 3 is 1.80 bits per heavy atom. The number of benzene rings is 1. The number of hydrogen-bond donors (Lipinski definition) is 1. The van der Waals surface area contributed by atoms with E-state index in [1.807, 2.05) is 27.7 Å². The molecule has 0 aliphatic heterocycles. The molecule has 0 aliphatic rings. The van der Waals surface area contributed by atoms with Gasteiger partial charge in [-0.3, -0.25) is 9.59 Å². The molecule has 30 heavy (non-hydrogen) atoms. The molecule has 0 fully saturated rings. The lowest BCUT2D eigenvalue weighted by molar-refractivity contribution is -0.154. The number of nitrogens with one attached hydrogen (secondary N) is 1. The number of methoxy groups -OCH3 is 3. The smallest absolute Gasteiger partial charge is 0.328 e. The minimum Gasteiger partial charge on any atom is -0.493 e. The monoisotopic (exact) mass is 424 g/mol. The van der Waals surface area contributed by atoms with Crippen LogP contribution in [0.1, 0.15) is 45.0 Å². The van der Waals surface area contributed by atoms with E-state index in [0.29, 0.717) is 17.2 Å². The number of carbonyl (C=O) groups is 3. The topological polar surface area (TPSA) is 103 Å². The van der Waals surface area contributed by atoms with Gasteiger partial charge in [0.05, 0.1) is 21.3 Å². The van der Waals surface area contributed by atoms with Crippen LogP contribution in [0.2, 0.25) is 0 Å². The van der Waals surface area contributed by atoms with Gasteiger partial charge in [-0.25, -0.2) is 4.79 Å². The molecule has 0 aromatic heterocycles. The Balaban J connectivity index is 2.80. The molecule has 0 bridgehead atoms. The normalized spacial score (nSPS) is 11.7. The predicted octanol–water partition coefficient (Wildman–Crippen LogP) is 2.02. The molecule has 1 rings (SSSR count). The summed E-state index contributed by atoms with van der Waals surface area (Å²) in [6.07, 6.45) is 0. The summed E-state index contributed by atoms with van der Waals surface area (Å²) in [4.78, 5) is 38.8. The maximum Gasteiger partial charge on any atom is 0.328 e. The largest absolute Gasteiger partial charge is 0.493 e. The average molecular weight is 424 g/mol. The van der Waals surface area contributed by atoms with Crippen molar-refractivity contribution in [2.24, 2.45) is 0 Å². The lowest BCUT2D eigenvalue weighted by Gasteiger charge is -2.30. The highest BCUT2D eigenvalue weighted by molar-refractivity contribution is 5.98. The van der Waals surface area contributed by atoms with Crippen LogP contribution in [0.5, 0.6) is 17.2 Å². The van der Waals surface area contributed by atoms with Crippen molar-refractivity contribution in [3.05, 3.63) is 17.7 Å². The summed E-state index contributed by atoms with van der Waals surface area (Å²) < 4.78 is 20.8. The Morgan fingerprint density at radius 1 is 0.900 bits per heavy atom. The number of nitrogens with zero attached hydrogens (tertiary/aromatic N) is 1. The lowest BCUT2D eigenvalue weighted by atomic mass is 10.1. The van der Waals surface area contributed by atoms with E-state index in [1.165, 1.54) is 40.4 Å². The van der Waals surface area contributed by atoms with Crippen molar-refractivity contribution >= 4 is 17.8 Å². The summed E-state index contributed by atoms with van der Waals surface area (Å²) in [5.74, 6) is -0.568. The third kappa shape index (κ3) is 6.27. The second-order valence-electron chi connectivity index (χ2n) is 7.21.